The van der Waals surface area contributed by atoms with E-state index in [1.54, 1.807) is 22.7 Å². The highest BCUT2D eigenvalue weighted by molar-refractivity contribution is 7.20. The van der Waals surface area contributed by atoms with Gasteiger partial charge in [-0.15, -0.1) is 22.7 Å². The molecular weight excluding hydrogens is 500 g/mol. The zero-order chi connectivity index (χ0) is 25.5. The summed E-state index contributed by atoms with van der Waals surface area (Å²) in [5.74, 6) is 0.645. The number of nitrogens with zero attached hydrogens (tertiary/aromatic N) is 1. The van der Waals surface area contributed by atoms with Crippen LogP contribution in [0.2, 0.25) is 0 Å². The molecule has 1 N–H and O–H groups in total. The van der Waals surface area contributed by atoms with Crippen LogP contribution in [-0.2, 0) is 29.0 Å². The first-order chi connectivity index (χ1) is 18.2. The van der Waals surface area contributed by atoms with Crippen LogP contribution in [0.15, 0.2) is 83.7 Å². The number of H-pyrrole nitrogens is 1. The van der Waals surface area contributed by atoms with E-state index in [-0.39, 0.29) is 5.97 Å². The normalized spacial score (nSPS) is 10.9. The largest absolute Gasteiger partial charge is 0.487 e. The maximum atomic E-state index is 12.1. The van der Waals surface area contributed by atoms with Gasteiger partial charge in [0.1, 0.15) is 17.4 Å². The number of aromatic nitrogens is 2. The summed E-state index contributed by atoms with van der Waals surface area (Å²) in [6, 6.07) is 22.6. The fourth-order valence-corrected chi connectivity index (χ4v) is 5.85. The zero-order valence-corrected chi connectivity index (χ0v) is 22.2. The van der Waals surface area contributed by atoms with Crippen LogP contribution >= 0.6 is 22.7 Å². The molecule has 3 aromatic heterocycles. The lowest BCUT2D eigenvalue weighted by Gasteiger charge is -2.09. The summed E-state index contributed by atoms with van der Waals surface area (Å²) in [5, 5.41) is 5.15. The van der Waals surface area contributed by atoms with Crippen molar-refractivity contribution < 1.29 is 14.3 Å². The van der Waals surface area contributed by atoms with E-state index in [9.17, 15) is 4.79 Å². The van der Waals surface area contributed by atoms with Crippen molar-refractivity contribution in [2.75, 3.05) is 6.61 Å². The Hall–Kier alpha value is -3.68. The monoisotopic (exact) mass is 528 g/mol. The van der Waals surface area contributed by atoms with Gasteiger partial charge in [-0.05, 0) is 53.6 Å². The predicted molar refractivity (Wildman–Crippen MR) is 150 cm³/mol. The number of carbonyl (C=O) groups is 1. The number of thiazole rings is 1. The molecule has 0 bridgehead atoms. The lowest BCUT2D eigenvalue weighted by Crippen LogP contribution is -2.06. The zero-order valence-electron chi connectivity index (χ0n) is 20.6. The molecule has 5 rings (SSSR count). The highest BCUT2D eigenvalue weighted by atomic mass is 32.1. The maximum Gasteiger partial charge on any atom is 0.306 e. The lowest BCUT2D eigenvalue weighted by atomic mass is 9.96. The van der Waals surface area contributed by atoms with Crippen LogP contribution in [0.3, 0.4) is 0 Å². The number of nitrogens with one attached hydrogen (secondary N) is 1. The molecule has 3 heterocycles. The van der Waals surface area contributed by atoms with E-state index in [0.29, 0.717) is 26.1 Å². The predicted octanol–water partition coefficient (Wildman–Crippen LogP) is 7.53. The van der Waals surface area contributed by atoms with Gasteiger partial charge >= 0.3 is 5.97 Å². The van der Waals surface area contributed by atoms with Crippen LogP contribution in [-0.4, -0.2) is 22.5 Å². The number of carbonyl (C=O) groups excluding carboxylic acids is 1. The number of hydrogen-bond acceptors (Lipinski definition) is 6. The summed E-state index contributed by atoms with van der Waals surface area (Å²) < 4.78 is 11.2. The van der Waals surface area contributed by atoms with Crippen molar-refractivity contribution in [2.45, 2.75) is 32.8 Å². The Labute approximate surface area is 224 Å². The van der Waals surface area contributed by atoms with E-state index in [0.717, 1.165) is 45.3 Å². The molecule has 5 aromatic rings. The van der Waals surface area contributed by atoms with E-state index in [1.165, 1.54) is 10.4 Å². The topological polar surface area (TPSA) is 64.2 Å². The summed E-state index contributed by atoms with van der Waals surface area (Å²) in [6.45, 7) is 2.68. The second kappa shape index (κ2) is 12.0. The van der Waals surface area contributed by atoms with E-state index in [1.807, 2.05) is 49.5 Å². The molecule has 0 saturated carbocycles. The maximum absolute atomic E-state index is 12.1. The van der Waals surface area contributed by atoms with Crippen molar-refractivity contribution in [1.29, 1.82) is 0 Å². The number of ether oxygens (including phenoxy) is 2. The Morgan fingerprint density at radius 2 is 1.84 bits per heavy atom. The van der Waals surface area contributed by atoms with Crippen molar-refractivity contribution >= 4 is 28.6 Å². The van der Waals surface area contributed by atoms with Gasteiger partial charge in [-0.2, -0.15) is 0 Å². The van der Waals surface area contributed by atoms with Crippen molar-refractivity contribution in [3.63, 3.8) is 0 Å². The number of esters is 1. The molecule has 0 aliphatic heterocycles. The van der Waals surface area contributed by atoms with Crippen LogP contribution in [0.25, 0.3) is 21.0 Å². The minimum atomic E-state index is -0.169. The number of hydrogen-bond donors (Lipinski definition) is 1. The van der Waals surface area contributed by atoms with E-state index < -0.39 is 0 Å². The molecule has 0 fully saturated rings. The molecule has 37 heavy (non-hydrogen) atoms. The third-order valence-corrected chi connectivity index (χ3v) is 7.95. The molecule has 7 heteroatoms. The molecule has 2 aromatic carbocycles. The van der Waals surface area contributed by atoms with Crippen LogP contribution < -0.4 is 4.74 Å². The molecule has 5 nitrogen and oxygen atoms in total. The van der Waals surface area contributed by atoms with Crippen LogP contribution in [0.1, 0.15) is 35.9 Å². The highest BCUT2D eigenvalue weighted by Crippen LogP contribution is 2.30. The van der Waals surface area contributed by atoms with Crippen molar-refractivity contribution in [2.24, 2.45) is 0 Å². The Balaban J connectivity index is 1.26. The van der Waals surface area contributed by atoms with Gasteiger partial charge in [-0.1, -0.05) is 48.5 Å². The molecule has 188 valence electrons. The Kier molecular flexibility index (Phi) is 8.13. The van der Waals surface area contributed by atoms with Crippen molar-refractivity contribution in [3.8, 4) is 26.8 Å². The number of aromatic amines is 1. The summed E-state index contributed by atoms with van der Waals surface area (Å²) in [4.78, 5) is 21.4. The number of thiophene rings is 1. The van der Waals surface area contributed by atoms with Gasteiger partial charge in [0.05, 0.1) is 17.2 Å². The van der Waals surface area contributed by atoms with Crippen molar-refractivity contribution in [1.82, 2.24) is 9.97 Å². The molecule has 0 spiro atoms. The van der Waals surface area contributed by atoms with Gasteiger partial charge in [0.15, 0.2) is 0 Å². The first-order valence-corrected chi connectivity index (χ1v) is 14.1. The van der Waals surface area contributed by atoms with Gasteiger partial charge in [-0.25, -0.2) is 4.98 Å². The minimum absolute atomic E-state index is 0.169. The van der Waals surface area contributed by atoms with Gasteiger partial charge in [0, 0.05) is 35.7 Å². The van der Waals surface area contributed by atoms with Gasteiger partial charge in [0.25, 0.3) is 0 Å². The number of benzene rings is 2. The Bertz CT molecular complexity index is 1420. The third kappa shape index (κ3) is 6.37. The summed E-state index contributed by atoms with van der Waals surface area (Å²) in [6.07, 6.45) is 3.77. The molecule has 0 atom stereocenters. The second-order valence-corrected chi connectivity index (χ2v) is 10.4. The summed E-state index contributed by atoms with van der Waals surface area (Å²) >= 11 is 3.34. The summed E-state index contributed by atoms with van der Waals surface area (Å²) in [5.41, 5.74) is 6.63. The smallest absolute Gasteiger partial charge is 0.306 e. The van der Waals surface area contributed by atoms with E-state index >= 15 is 0 Å². The number of rotatable bonds is 11. The Morgan fingerprint density at radius 3 is 2.59 bits per heavy atom. The first kappa shape index (κ1) is 25.0. The molecule has 0 amide bonds. The van der Waals surface area contributed by atoms with Gasteiger partial charge < -0.3 is 14.5 Å². The van der Waals surface area contributed by atoms with Crippen LogP contribution in [0.5, 0.6) is 5.75 Å². The SMILES string of the molecule is CCOC(=O)CCc1c(-c2ccccc2)c[nH]c1Cc1ccc(OCc2csc(-c3cccs3)n2)cc1. The molecular formula is C30H28N2O3S2. The first-order valence-electron chi connectivity index (χ1n) is 12.3. The molecule has 0 aliphatic rings. The summed E-state index contributed by atoms with van der Waals surface area (Å²) in [7, 11) is 0. The molecule has 0 saturated heterocycles. The second-order valence-electron chi connectivity index (χ2n) is 8.56. The lowest BCUT2D eigenvalue weighted by molar-refractivity contribution is -0.143. The highest BCUT2D eigenvalue weighted by Gasteiger charge is 2.15. The Morgan fingerprint density at radius 1 is 1.00 bits per heavy atom. The molecule has 0 radical (unpaired) electrons. The van der Waals surface area contributed by atoms with Crippen LogP contribution in [0.4, 0.5) is 0 Å². The fourth-order valence-electron chi connectivity index (χ4n) is 4.23. The fraction of sp³-hybridized carbons (Fsp3) is 0.200. The average Bonchev–Trinajstić information content (AvgIpc) is 3.69. The average molecular weight is 529 g/mol. The third-order valence-electron chi connectivity index (χ3n) is 6.02. The molecule has 0 aliphatic carbocycles. The van der Waals surface area contributed by atoms with E-state index in [2.05, 4.69) is 51.1 Å². The van der Waals surface area contributed by atoms with Gasteiger partial charge in [-0.3, -0.25) is 4.79 Å². The van der Waals surface area contributed by atoms with Gasteiger partial charge in [0.2, 0.25) is 0 Å². The standard InChI is InChI=1S/C30H28N2O3S2/c1-2-34-29(33)15-14-25-26(22-7-4-3-5-8-22)18-31-27(25)17-21-10-12-24(13-11-21)35-19-23-20-37-30(32-23)28-9-6-16-36-28/h3-13,16,18,20,31H,2,14-15,17,19H2,1H3. The van der Waals surface area contributed by atoms with Crippen LogP contribution in [0, 0.1) is 0 Å². The minimum Gasteiger partial charge on any atom is -0.487 e. The molecule has 0 unspecified atom stereocenters. The van der Waals surface area contributed by atoms with E-state index in [4.69, 9.17) is 9.47 Å². The van der Waals surface area contributed by atoms with Crippen molar-refractivity contribution in [3.05, 3.63) is 106 Å². The quantitative estimate of drug-likeness (QED) is 0.180.